The second-order valence-electron chi connectivity index (χ2n) is 9.14. The van der Waals surface area contributed by atoms with Crippen LogP contribution < -0.4 is 0 Å². The second kappa shape index (κ2) is 8.61. The van der Waals surface area contributed by atoms with Crippen molar-refractivity contribution in [2.24, 2.45) is 0 Å². The van der Waals surface area contributed by atoms with E-state index in [1.807, 2.05) is 25.1 Å². The molecule has 3 aromatic rings. The first-order valence-corrected chi connectivity index (χ1v) is 13.1. The number of nitrogens with zero attached hydrogens (tertiary/aromatic N) is 2. The van der Waals surface area contributed by atoms with Gasteiger partial charge in [-0.05, 0) is 60.1 Å². The fraction of sp³-hybridized carbons (Fsp3) is 0.346. The van der Waals surface area contributed by atoms with Crippen LogP contribution in [0.5, 0.6) is 0 Å². The van der Waals surface area contributed by atoms with Crippen LogP contribution in [0.1, 0.15) is 34.2 Å². The highest BCUT2D eigenvalue weighted by Gasteiger charge is 2.34. The van der Waals surface area contributed by atoms with Gasteiger partial charge in [0.05, 0.1) is 17.7 Å². The molecule has 0 N–H and O–H groups in total. The van der Waals surface area contributed by atoms with Gasteiger partial charge in [0.1, 0.15) is 11.5 Å². The van der Waals surface area contributed by atoms with Crippen molar-refractivity contribution < 1.29 is 17.2 Å². The van der Waals surface area contributed by atoms with Crippen LogP contribution in [0.25, 0.3) is 11.3 Å². The Balaban J connectivity index is 1.40. The van der Waals surface area contributed by atoms with Crippen molar-refractivity contribution in [3.8, 4) is 11.3 Å². The first-order valence-electron chi connectivity index (χ1n) is 11.2. The molecular weight excluding hydrogens is 442 g/mol. The van der Waals surface area contributed by atoms with Gasteiger partial charge in [0.2, 0.25) is 0 Å². The van der Waals surface area contributed by atoms with Gasteiger partial charge >= 0.3 is 0 Å². The Morgan fingerprint density at radius 2 is 2.00 bits per heavy atom. The highest BCUT2D eigenvalue weighted by molar-refractivity contribution is 7.91. The maximum absolute atomic E-state index is 14.4. The summed E-state index contributed by atoms with van der Waals surface area (Å²) in [6.07, 6.45) is 3.35. The summed E-state index contributed by atoms with van der Waals surface area (Å²) < 4.78 is 51.5. The van der Waals surface area contributed by atoms with Gasteiger partial charge in [0, 0.05) is 30.8 Å². The average Bonchev–Trinajstić information content (AvgIpc) is 3.15. The maximum Gasteiger partial charge on any atom is 0.152 e. The van der Waals surface area contributed by atoms with Crippen LogP contribution in [-0.4, -0.2) is 42.4 Å². The van der Waals surface area contributed by atoms with Gasteiger partial charge in [-0.25, -0.2) is 17.2 Å². The van der Waals surface area contributed by atoms with E-state index in [1.54, 1.807) is 0 Å². The van der Waals surface area contributed by atoms with Gasteiger partial charge in [0.15, 0.2) is 15.7 Å². The summed E-state index contributed by atoms with van der Waals surface area (Å²) in [5.41, 5.74) is 6.56. The van der Waals surface area contributed by atoms with Crippen LogP contribution >= 0.6 is 0 Å². The molecule has 4 nitrogen and oxygen atoms in total. The molecule has 1 unspecified atom stereocenters. The van der Waals surface area contributed by atoms with Crippen molar-refractivity contribution in [3.63, 3.8) is 0 Å². The number of benzene rings is 2. The summed E-state index contributed by atoms with van der Waals surface area (Å²) in [5.74, 6) is -0.797. The van der Waals surface area contributed by atoms with Crippen LogP contribution in [0.15, 0.2) is 48.7 Å². The number of halogens is 2. The lowest BCUT2D eigenvalue weighted by Gasteiger charge is -2.34. The van der Waals surface area contributed by atoms with Crippen LogP contribution in [0.4, 0.5) is 8.78 Å². The lowest BCUT2D eigenvalue weighted by molar-refractivity contribution is 0.194. The van der Waals surface area contributed by atoms with Gasteiger partial charge in [-0.2, -0.15) is 0 Å². The third kappa shape index (κ3) is 4.57. The van der Waals surface area contributed by atoms with Crippen molar-refractivity contribution in [1.29, 1.82) is 0 Å². The van der Waals surface area contributed by atoms with E-state index in [0.717, 1.165) is 49.3 Å². The summed E-state index contributed by atoms with van der Waals surface area (Å²) >= 11 is 0. The Labute approximate surface area is 193 Å². The summed E-state index contributed by atoms with van der Waals surface area (Å²) in [4.78, 5) is 6.29. The molecule has 0 amide bonds. The molecule has 2 aromatic carbocycles. The molecule has 2 aliphatic rings. The number of pyridine rings is 1. The summed E-state index contributed by atoms with van der Waals surface area (Å²) in [5, 5.41) is 0. The van der Waals surface area contributed by atoms with E-state index < -0.39 is 21.5 Å². The van der Waals surface area contributed by atoms with Crippen molar-refractivity contribution in [2.45, 2.75) is 38.8 Å². The zero-order chi connectivity index (χ0) is 23.2. The van der Waals surface area contributed by atoms with Crippen molar-refractivity contribution in [2.75, 3.05) is 18.1 Å². The Hall–Kier alpha value is -2.64. The molecule has 172 valence electrons. The van der Waals surface area contributed by atoms with Crippen molar-refractivity contribution in [1.82, 2.24) is 9.88 Å². The minimum Gasteiger partial charge on any atom is -0.295 e. The van der Waals surface area contributed by atoms with Gasteiger partial charge in [-0.3, -0.25) is 9.88 Å². The fourth-order valence-electron chi connectivity index (χ4n) is 5.12. The van der Waals surface area contributed by atoms with Crippen LogP contribution in [0.3, 0.4) is 0 Å². The standard InChI is InChI=1S/C26H26F2N2O2S/c1-17-5-6-18(12-24(17)26-25(28)13-21(27)14-29-26)11-19-3-2-4-20-15-30(9-7-23(19)20)22-8-10-33(31,32)16-22/h2-6,12-14,22H,7-11,15-16H2,1H3. The normalized spacial score (nSPS) is 20.0. The van der Waals surface area contributed by atoms with Gasteiger partial charge in [-0.1, -0.05) is 30.3 Å². The van der Waals surface area contributed by atoms with Gasteiger partial charge < -0.3 is 0 Å². The van der Waals surface area contributed by atoms with Crippen molar-refractivity contribution >= 4 is 9.84 Å². The number of rotatable bonds is 4. The van der Waals surface area contributed by atoms with E-state index in [-0.39, 0.29) is 17.5 Å². The van der Waals surface area contributed by atoms with E-state index in [9.17, 15) is 17.2 Å². The summed E-state index contributed by atoms with van der Waals surface area (Å²) in [7, 11) is -2.90. The second-order valence-corrected chi connectivity index (χ2v) is 11.4. The lowest BCUT2D eigenvalue weighted by atomic mass is 9.89. The molecule has 5 rings (SSSR count). The predicted octanol–water partition coefficient (Wildman–Crippen LogP) is 4.47. The number of sulfone groups is 1. The highest BCUT2D eigenvalue weighted by Crippen LogP contribution is 2.30. The molecule has 1 fully saturated rings. The van der Waals surface area contributed by atoms with Crippen LogP contribution in [-0.2, 0) is 29.2 Å². The molecule has 1 aromatic heterocycles. The largest absolute Gasteiger partial charge is 0.295 e. The van der Waals surface area contributed by atoms with Crippen molar-refractivity contribution in [3.05, 3.63) is 88.1 Å². The molecule has 1 saturated heterocycles. The molecule has 7 heteroatoms. The zero-order valence-corrected chi connectivity index (χ0v) is 19.3. The molecule has 0 spiro atoms. The monoisotopic (exact) mass is 468 g/mol. The van der Waals surface area contributed by atoms with E-state index in [2.05, 4.69) is 28.1 Å². The van der Waals surface area contributed by atoms with Gasteiger partial charge in [0.25, 0.3) is 0 Å². The summed E-state index contributed by atoms with van der Waals surface area (Å²) in [6.45, 7) is 3.52. The molecule has 0 bridgehead atoms. The molecule has 0 radical (unpaired) electrons. The first kappa shape index (κ1) is 22.2. The predicted molar refractivity (Wildman–Crippen MR) is 125 cm³/mol. The summed E-state index contributed by atoms with van der Waals surface area (Å²) in [6, 6.07) is 13.2. The average molecular weight is 469 g/mol. The third-order valence-corrected chi connectivity index (χ3v) is 8.63. The zero-order valence-electron chi connectivity index (χ0n) is 18.5. The van der Waals surface area contributed by atoms with E-state index >= 15 is 0 Å². The quantitative estimate of drug-likeness (QED) is 0.567. The Kier molecular flexibility index (Phi) is 5.79. The SMILES string of the molecule is Cc1ccc(Cc2cccc3c2CCN(C2CCS(=O)(=O)C2)C3)cc1-c1ncc(F)cc1F. The minimum absolute atomic E-state index is 0.115. The molecule has 2 aliphatic heterocycles. The van der Waals surface area contributed by atoms with E-state index in [4.69, 9.17) is 0 Å². The van der Waals surface area contributed by atoms with Crippen LogP contribution in [0, 0.1) is 18.6 Å². The molecule has 1 atom stereocenters. The van der Waals surface area contributed by atoms with E-state index in [1.165, 1.54) is 16.7 Å². The number of aromatic nitrogens is 1. The third-order valence-electron chi connectivity index (χ3n) is 6.88. The van der Waals surface area contributed by atoms with Crippen LogP contribution in [0.2, 0.25) is 0 Å². The Bertz CT molecular complexity index is 1320. The smallest absolute Gasteiger partial charge is 0.152 e. The fourth-order valence-corrected chi connectivity index (χ4v) is 6.88. The molecule has 3 heterocycles. The molecular formula is C26H26F2N2O2S. The highest BCUT2D eigenvalue weighted by atomic mass is 32.2. The number of hydrogen-bond acceptors (Lipinski definition) is 4. The Morgan fingerprint density at radius 1 is 1.15 bits per heavy atom. The maximum atomic E-state index is 14.4. The lowest BCUT2D eigenvalue weighted by Crippen LogP contribution is -2.40. The van der Waals surface area contributed by atoms with E-state index in [0.29, 0.717) is 17.7 Å². The minimum atomic E-state index is -2.90. The molecule has 33 heavy (non-hydrogen) atoms. The van der Waals surface area contributed by atoms with Gasteiger partial charge in [-0.15, -0.1) is 0 Å². The Morgan fingerprint density at radius 3 is 2.76 bits per heavy atom. The number of fused-ring (bicyclic) bond motifs is 1. The number of aryl methyl sites for hydroxylation is 1. The number of hydrogen-bond donors (Lipinski definition) is 0. The topological polar surface area (TPSA) is 50.3 Å². The molecule has 0 saturated carbocycles. The molecule has 0 aliphatic carbocycles. The first-order chi connectivity index (χ1) is 15.8.